The maximum atomic E-state index is 11.7. The molecule has 0 fully saturated rings. The van der Waals surface area contributed by atoms with Crippen LogP contribution >= 0.6 is 0 Å². The number of carbonyl (C=O) groups excluding carboxylic acids is 1. The first kappa shape index (κ1) is 16.1. The lowest BCUT2D eigenvalue weighted by atomic mass is 10.0. The van der Waals surface area contributed by atoms with Crippen molar-refractivity contribution in [2.45, 2.75) is 32.8 Å². The Kier molecular flexibility index (Phi) is 6.01. The lowest BCUT2D eigenvalue weighted by Crippen LogP contribution is -2.04. The maximum absolute atomic E-state index is 11.7. The third kappa shape index (κ3) is 4.35. The predicted molar refractivity (Wildman–Crippen MR) is 87.2 cm³/mol. The Bertz CT molecular complexity index is 605. The van der Waals surface area contributed by atoms with Gasteiger partial charge >= 0.3 is 5.97 Å². The second kappa shape index (κ2) is 8.23. The second-order valence-corrected chi connectivity index (χ2v) is 5.19. The molecule has 0 heterocycles. The number of methoxy groups -OCH3 is 1. The molecule has 3 nitrogen and oxygen atoms in total. The molecular formula is C19H22O3. The van der Waals surface area contributed by atoms with Crippen LogP contribution in [0.1, 0.15) is 41.3 Å². The van der Waals surface area contributed by atoms with Crippen LogP contribution in [0.25, 0.3) is 0 Å². The van der Waals surface area contributed by atoms with Crippen LogP contribution in [0.15, 0.2) is 48.5 Å². The van der Waals surface area contributed by atoms with Crippen molar-refractivity contribution in [1.82, 2.24) is 0 Å². The summed E-state index contributed by atoms with van der Waals surface area (Å²) >= 11 is 0. The third-order valence-electron chi connectivity index (χ3n) is 3.52. The van der Waals surface area contributed by atoms with Gasteiger partial charge in [0.1, 0.15) is 12.4 Å². The molecule has 2 aromatic carbocycles. The molecule has 0 unspecified atom stereocenters. The molecule has 3 heteroatoms. The van der Waals surface area contributed by atoms with Crippen molar-refractivity contribution in [3.63, 3.8) is 0 Å². The smallest absolute Gasteiger partial charge is 0.337 e. The maximum Gasteiger partial charge on any atom is 0.337 e. The van der Waals surface area contributed by atoms with E-state index in [0.717, 1.165) is 36.1 Å². The largest absolute Gasteiger partial charge is 0.489 e. The molecule has 22 heavy (non-hydrogen) atoms. The van der Waals surface area contributed by atoms with E-state index in [4.69, 9.17) is 9.47 Å². The van der Waals surface area contributed by atoms with Gasteiger partial charge in [-0.25, -0.2) is 4.79 Å². The van der Waals surface area contributed by atoms with E-state index in [-0.39, 0.29) is 5.97 Å². The Labute approximate surface area is 131 Å². The van der Waals surface area contributed by atoms with Crippen LogP contribution in [-0.2, 0) is 17.8 Å². The van der Waals surface area contributed by atoms with Crippen LogP contribution in [0.2, 0.25) is 0 Å². The molecule has 0 N–H and O–H groups in total. The summed E-state index contributed by atoms with van der Waals surface area (Å²) in [5.74, 6) is 0.525. The number of carbonyl (C=O) groups is 1. The number of unbranched alkanes of at least 4 members (excludes halogenated alkanes) is 1. The minimum Gasteiger partial charge on any atom is -0.489 e. The molecule has 0 spiro atoms. The molecule has 0 aliphatic heterocycles. The van der Waals surface area contributed by atoms with Gasteiger partial charge < -0.3 is 9.47 Å². The van der Waals surface area contributed by atoms with E-state index < -0.39 is 0 Å². The minimum absolute atomic E-state index is 0.313. The van der Waals surface area contributed by atoms with E-state index >= 15 is 0 Å². The Morgan fingerprint density at radius 1 is 1.09 bits per heavy atom. The van der Waals surface area contributed by atoms with Crippen LogP contribution in [0.3, 0.4) is 0 Å². The van der Waals surface area contributed by atoms with E-state index in [0.29, 0.717) is 12.2 Å². The first-order valence-electron chi connectivity index (χ1n) is 7.62. The topological polar surface area (TPSA) is 35.5 Å². The zero-order valence-corrected chi connectivity index (χ0v) is 13.2. The van der Waals surface area contributed by atoms with Crippen molar-refractivity contribution in [3.05, 3.63) is 65.2 Å². The van der Waals surface area contributed by atoms with E-state index in [2.05, 4.69) is 6.92 Å². The molecule has 2 rings (SSSR count). The minimum atomic E-state index is -0.313. The normalized spacial score (nSPS) is 10.3. The number of aryl methyl sites for hydroxylation is 1. The molecule has 0 amide bonds. The van der Waals surface area contributed by atoms with Gasteiger partial charge in [-0.3, -0.25) is 0 Å². The molecule has 0 aromatic heterocycles. The van der Waals surface area contributed by atoms with Gasteiger partial charge in [0.15, 0.2) is 0 Å². The first-order valence-corrected chi connectivity index (χ1v) is 7.62. The van der Waals surface area contributed by atoms with Gasteiger partial charge in [-0.05, 0) is 42.2 Å². The van der Waals surface area contributed by atoms with Gasteiger partial charge in [-0.15, -0.1) is 0 Å². The zero-order valence-electron chi connectivity index (χ0n) is 13.2. The average Bonchev–Trinajstić information content (AvgIpc) is 2.58. The van der Waals surface area contributed by atoms with Gasteiger partial charge in [-0.1, -0.05) is 43.7 Å². The van der Waals surface area contributed by atoms with Crippen molar-refractivity contribution in [2.24, 2.45) is 0 Å². The summed E-state index contributed by atoms with van der Waals surface area (Å²) in [6.45, 7) is 2.67. The summed E-state index contributed by atoms with van der Waals surface area (Å²) in [5, 5.41) is 0. The van der Waals surface area contributed by atoms with Crippen LogP contribution in [0.4, 0.5) is 0 Å². The van der Waals surface area contributed by atoms with Crippen molar-refractivity contribution >= 4 is 5.97 Å². The number of hydrogen-bond acceptors (Lipinski definition) is 3. The van der Waals surface area contributed by atoms with E-state index in [1.54, 1.807) is 6.07 Å². The summed E-state index contributed by atoms with van der Waals surface area (Å²) in [6, 6.07) is 15.5. The van der Waals surface area contributed by atoms with Gasteiger partial charge in [-0.2, -0.15) is 0 Å². The van der Waals surface area contributed by atoms with Gasteiger partial charge in [0.05, 0.1) is 12.7 Å². The average molecular weight is 298 g/mol. The van der Waals surface area contributed by atoms with E-state index in [1.165, 1.54) is 7.11 Å². The fraction of sp³-hybridized carbons (Fsp3) is 0.316. The van der Waals surface area contributed by atoms with Gasteiger partial charge in [0.2, 0.25) is 0 Å². The lowest BCUT2D eigenvalue weighted by molar-refractivity contribution is 0.0600. The van der Waals surface area contributed by atoms with Crippen molar-refractivity contribution in [1.29, 1.82) is 0 Å². The molecule has 0 atom stereocenters. The zero-order chi connectivity index (χ0) is 15.8. The highest BCUT2D eigenvalue weighted by molar-refractivity contribution is 5.89. The molecule has 0 aliphatic carbocycles. The summed E-state index contributed by atoms with van der Waals surface area (Å²) in [6.07, 6.45) is 3.05. The fourth-order valence-corrected chi connectivity index (χ4v) is 2.26. The Morgan fingerprint density at radius 3 is 2.55 bits per heavy atom. The number of ether oxygens (including phenoxy) is 2. The first-order chi connectivity index (χ1) is 10.7. The molecule has 116 valence electrons. The lowest BCUT2D eigenvalue weighted by Gasteiger charge is -2.13. The Balaban J connectivity index is 2.15. The highest BCUT2D eigenvalue weighted by atomic mass is 16.5. The van der Waals surface area contributed by atoms with Crippen LogP contribution in [-0.4, -0.2) is 13.1 Å². The molecule has 0 saturated heterocycles. The second-order valence-electron chi connectivity index (χ2n) is 5.19. The third-order valence-corrected chi connectivity index (χ3v) is 3.52. The van der Waals surface area contributed by atoms with Crippen LogP contribution in [0.5, 0.6) is 5.75 Å². The van der Waals surface area contributed by atoms with Gasteiger partial charge in [0.25, 0.3) is 0 Å². The molecule has 0 aliphatic rings. The SMILES string of the molecule is CCCCc1cc(C(=O)OC)ccc1OCc1ccccc1. The standard InChI is InChI=1S/C19H22O3/c1-3-4-10-16-13-17(19(20)21-2)11-12-18(16)22-14-15-8-6-5-7-9-15/h5-9,11-13H,3-4,10,14H2,1-2H3. The quantitative estimate of drug-likeness (QED) is 0.711. The molecule has 0 saturated carbocycles. The van der Waals surface area contributed by atoms with Crippen molar-refractivity contribution in [2.75, 3.05) is 7.11 Å². The van der Waals surface area contributed by atoms with E-state index in [9.17, 15) is 4.79 Å². The number of benzene rings is 2. The number of hydrogen-bond donors (Lipinski definition) is 0. The van der Waals surface area contributed by atoms with Crippen LogP contribution < -0.4 is 4.74 Å². The Hall–Kier alpha value is -2.29. The van der Waals surface area contributed by atoms with Crippen molar-refractivity contribution < 1.29 is 14.3 Å². The monoisotopic (exact) mass is 298 g/mol. The molecule has 0 bridgehead atoms. The Morgan fingerprint density at radius 2 is 1.86 bits per heavy atom. The summed E-state index contributed by atoms with van der Waals surface area (Å²) < 4.78 is 10.7. The fourth-order valence-electron chi connectivity index (χ4n) is 2.26. The summed E-state index contributed by atoms with van der Waals surface area (Å²) in [5.41, 5.74) is 2.75. The number of rotatable bonds is 7. The highest BCUT2D eigenvalue weighted by Crippen LogP contribution is 2.24. The van der Waals surface area contributed by atoms with Crippen LogP contribution in [0, 0.1) is 0 Å². The van der Waals surface area contributed by atoms with Gasteiger partial charge in [0, 0.05) is 0 Å². The number of esters is 1. The highest BCUT2D eigenvalue weighted by Gasteiger charge is 2.11. The predicted octanol–water partition coefficient (Wildman–Crippen LogP) is 4.39. The molecule has 2 aromatic rings. The van der Waals surface area contributed by atoms with E-state index in [1.807, 2.05) is 42.5 Å². The van der Waals surface area contributed by atoms with Crippen molar-refractivity contribution in [3.8, 4) is 5.75 Å². The summed E-state index contributed by atoms with van der Waals surface area (Å²) in [7, 11) is 1.40. The molecule has 0 radical (unpaired) electrons. The molecular weight excluding hydrogens is 276 g/mol. The summed E-state index contributed by atoms with van der Waals surface area (Å²) in [4.78, 5) is 11.7.